The Bertz CT molecular complexity index is 870. The van der Waals surface area contributed by atoms with Gasteiger partial charge in [0.2, 0.25) is 0 Å². The molecule has 2 unspecified atom stereocenters. The molecule has 0 heterocycles. The zero-order valence-corrected chi connectivity index (χ0v) is 15.3. The lowest BCUT2D eigenvalue weighted by molar-refractivity contribution is -0.151. The molecule has 0 bridgehead atoms. The van der Waals surface area contributed by atoms with Crippen LogP contribution in [0.15, 0.2) is 54.6 Å². The second-order valence-electron chi connectivity index (χ2n) is 6.40. The van der Waals surface area contributed by atoms with Crippen molar-refractivity contribution in [3.05, 3.63) is 71.6 Å². The number of ether oxygens (including phenoxy) is 2. The van der Waals surface area contributed by atoms with E-state index in [1.54, 1.807) is 26.2 Å². The average molecular weight is 368 g/mol. The van der Waals surface area contributed by atoms with Gasteiger partial charge in [0.1, 0.15) is 17.5 Å². The van der Waals surface area contributed by atoms with E-state index in [2.05, 4.69) is 0 Å². The Morgan fingerprint density at radius 1 is 1.19 bits per heavy atom. The first-order valence-corrected chi connectivity index (χ1v) is 8.84. The van der Waals surface area contributed by atoms with Crippen molar-refractivity contribution < 1.29 is 23.5 Å². The minimum atomic E-state index is -0.902. The number of esters is 1. The predicted molar refractivity (Wildman–Crippen MR) is 99.9 cm³/mol. The first-order valence-electron chi connectivity index (χ1n) is 8.84. The van der Waals surface area contributed by atoms with Crippen molar-refractivity contribution in [2.24, 2.45) is 5.92 Å². The minimum Gasteiger partial charge on any atom is -0.497 e. The Morgan fingerprint density at radius 3 is 2.59 bits per heavy atom. The van der Waals surface area contributed by atoms with Gasteiger partial charge < -0.3 is 9.47 Å². The lowest BCUT2D eigenvalue weighted by atomic mass is 9.73. The van der Waals surface area contributed by atoms with E-state index in [0.29, 0.717) is 12.2 Å². The van der Waals surface area contributed by atoms with Crippen LogP contribution in [0.4, 0.5) is 4.39 Å². The first kappa shape index (κ1) is 18.8. The van der Waals surface area contributed by atoms with E-state index in [0.717, 1.165) is 16.7 Å². The highest BCUT2D eigenvalue weighted by Gasteiger charge is 2.39. The van der Waals surface area contributed by atoms with E-state index in [-0.39, 0.29) is 24.1 Å². The third kappa shape index (κ3) is 4.08. The van der Waals surface area contributed by atoms with Gasteiger partial charge in [-0.2, -0.15) is 0 Å². The van der Waals surface area contributed by atoms with Gasteiger partial charge in [0.05, 0.1) is 13.7 Å². The van der Waals surface area contributed by atoms with Crippen LogP contribution in [0.5, 0.6) is 5.75 Å². The highest BCUT2D eigenvalue weighted by molar-refractivity contribution is 6.10. The number of carbonyl (C=O) groups excluding carboxylic acids is 2. The van der Waals surface area contributed by atoms with Crippen LogP contribution in [0.25, 0.3) is 5.57 Å². The number of halogens is 1. The van der Waals surface area contributed by atoms with Crippen LogP contribution in [-0.4, -0.2) is 25.5 Å². The molecule has 3 rings (SSSR count). The van der Waals surface area contributed by atoms with Crippen LogP contribution in [0.1, 0.15) is 30.4 Å². The van der Waals surface area contributed by atoms with Crippen molar-refractivity contribution in [3.63, 3.8) is 0 Å². The van der Waals surface area contributed by atoms with Crippen LogP contribution in [0.3, 0.4) is 0 Å². The zero-order valence-electron chi connectivity index (χ0n) is 15.3. The van der Waals surface area contributed by atoms with Crippen molar-refractivity contribution in [2.75, 3.05) is 13.7 Å². The summed E-state index contributed by atoms with van der Waals surface area (Å²) in [4.78, 5) is 25.3. The Morgan fingerprint density at radius 2 is 1.93 bits per heavy atom. The third-order valence-corrected chi connectivity index (χ3v) is 4.74. The number of allylic oxidation sites excluding steroid dienone is 2. The summed E-state index contributed by atoms with van der Waals surface area (Å²) in [6.07, 6.45) is 1.94. The molecule has 0 spiro atoms. The molecule has 27 heavy (non-hydrogen) atoms. The molecule has 0 saturated carbocycles. The number of carbonyl (C=O) groups is 2. The van der Waals surface area contributed by atoms with Gasteiger partial charge in [-0.05, 0) is 60.4 Å². The second-order valence-corrected chi connectivity index (χ2v) is 6.40. The molecule has 2 aromatic rings. The number of rotatable bonds is 5. The molecule has 1 aliphatic rings. The molecule has 2 atom stereocenters. The SMILES string of the molecule is CCOC(=O)C1C(=O)C=C(c2ccc(F)cc2)CC1c1cccc(OC)c1. The fourth-order valence-corrected chi connectivity index (χ4v) is 3.43. The number of hydrogen-bond acceptors (Lipinski definition) is 4. The highest BCUT2D eigenvalue weighted by atomic mass is 19.1. The molecule has 0 N–H and O–H groups in total. The Labute approximate surface area is 157 Å². The predicted octanol–water partition coefficient (Wildman–Crippen LogP) is 4.15. The highest BCUT2D eigenvalue weighted by Crippen LogP contribution is 2.41. The molecule has 0 aliphatic heterocycles. The minimum absolute atomic E-state index is 0.210. The fourth-order valence-electron chi connectivity index (χ4n) is 3.43. The van der Waals surface area contributed by atoms with Crippen molar-refractivity contribution in [3.8, 4) is 5.75 Å². The van der Waals surface area contributed by atoms with Crippen LogP contribution in [0.2, 0.25) is 0 Å². The maximum atomic E-state index is 13.2. The molecule has 5 heteroatoms. The van der Waals surface area contributed by atoms with E-state index < -0.39 is 11.9 Å². The maximum Gasteiger partial charge on any atom is 0.317 e. The molecule has 0 aromatic heterocycles. The van der Waals surface area contributed by atoms with Crippen LogP contribution in [0, 0.1) is 11.7 Å². The van der Waals surface area contributed by atoms with E-state index in [1.807, 2.05) is 24.3 Å². The van der Waals surface area contributed by atoms with Gasteiger partial charge in [0.15, 0.2) is 5.78 Å². The summed E-state index contributed by atoms with van der Waals surface area (Å²) < 4.78 is 23.7. The summed E-state index contributed by atoms with van der Waals surface area (Å²) >= 11 is 0. The number of methoxy groups -OCH3 is 1. The van der Waals surface area contributed by atoms with Crippen LogP contribution >= 0.6 is 0 Å². The van der Waals surface area contributed by atoms with E-state index in [1.165, 1.54) is 18.2 Å². The fraction of sp³-hybridized carbons (Fsp3) is 0.273. The summed E-state index contributed by atoms with van der Waals surface area (Å²) in [5.74, 6) is -1.79. The Balaban J connectivity index is 2.02. The van der Waals surface area contributed by atoms with Gasteiger partial charge in [-0.25, -0.2) is 4.39 Å². The normalized spacial score (nSPS) is 19.4. The molecule has 2 aromatic carbocycles. The summed E-state index contributed by atoms with van der Waals surface area (Å²) in [7, 11) is 1.57. The topological polar surface area (TPSA) is 52.6 Å². The average Bonchev–Trinajstić information content (AvgIpc) is 2.68. The van der Waals surface area contributed by atoms with E-state index in [4.69, 9.17) is 9.47 Å². The first-order chi connectivity index (χ1) is 13.0. The smallest absolute Gasteiger partial charge is 0.317 e. The van der Waals surface area contributed by atoms with Crippen LogP contribution < -0.4 is 4.74 Å². The van der Waals surface area contributed by atoms with Crippen molar-refractivity contribution >= 4 is 17.3 Å². The van der Waals surface area contributed by atoms with Crippen molar-refractivity contribution in [1.29, 1.82) is 0 Å². The third-order valence-electron chi connectivity index (χ3n) is 4.74. The van der Waals surface area contributed by atoms with Gasteiger partial charge in [-0.3, -0.25) is 9.59 Å². The van der Waals surface area contributed by atoms with Gasteiger partial charge in [-0.1, -0.05) is 24.3 Å². The molecule has 0 amide bonds. The molecule has 1 aliphatic carbocycles. The lowest BCUT2D eigenvalue weighted by Crippen LogP contribution is -2.34. The standard InChI is InChI=1S/C22H21FO4/c1-3-27-22(25)21-19(15-5-4-6-18(11-15)26-2)12-16(13-20(21)24)14-7-9-17(23)10-8-14/h4-11,13,19,21H,3,12H2,1-2H3. The molecule has 0 fully saturated rings. The Kier molecular flexibility index (Phi) is 5.69. The number of benzene rings is 2. The number of hydrogen-bond donors (Lipinski definition) is 0. The van der Waals surface area contributed by atoms with E-state index >= 15 is 0 Å². The monoisotopic (exact) mass is 368 g/mol. The Hall–Kier alpha value is -2.95. The second kappa shape index (κ2) is 8.16. The summed E-state index contributed by atoms with van der Waals surface area (Å²) in [5.41, 5.74) is 2.36. The molecular weight excluding hydrogens is 347 g/mol. The van der Waals surface area contributed by atoms with Gasteiger partial charge >= 0.3 is 5.97 Å². The zero-order chi connectivity index (χ0) is 19.4. The molecular formula is C22H21FO4. The van der Waals surface area contributed by atoms with Gasteiger partial charge in [0.25, 0.3) is 0 Å². The lowest BCUT2D eigenvalue weighted by Gasteiger charge is -2.29. The summed E-state index contributed by atoms with van der Waals surface area (Å²) in [6, 6.07) is 13.3. The molecule has 0 saturated heterocycles. The van der Waals surface area contributed by atoms with Gasteiger partial charge in [-0.15, -0.1) is 0 Å². The molecule has 0 radical (unpaired) electrons. The summed E-state index contributed by atoms with van der Waals surface area (Å²) in [6.45, 7) is 1.92. The van der Waals surface area contributed by atoms with Crippen LogP contribution in [-0.2, 0) is 14.3 Å². The maximum absolute atomic E-state index is 13.2. The molecule has 140 valence electrons. The largest absolute Gasteiger partial charge is 0.497 e. The number of ketones is 1. The van der Waals surface area contributed by atoms with E-state index in [9.17, 15) is 14.0 Å². The van der Waals surface area contributed by atoms with Crippen molar-refractivity contribution in [2.45, 2.75) is 19.3 Å². The van der Waals surface area contributed by atoms with Gasteiger partial charge in [0, 0.05) is 5.92 Å². The quantitative estimate of drug-likeness (QED) is 0.588. The van der Waals surface area contributed by atoms with Crippen molar-refractivity contribution in [1.82, 2.24) is 0 Å². The summed E-state index contributed by atoms with van der Waals surface area (Å²) in [5, 5.41) is 0. The molecule has 4 nitrogen and oxygen atoms in total.